The van der Waals surface area contributed by atoms with Crippen LogP contribution >= 0.6 is 0 Å². The second-order valence-corrected chi connectivity index (χ2v) is 8.12. The minimum atomic E-state index is -0.623. The lowest BCUT2D eigenvalue weighted by atomic mass is 9.87. The number of rotatable bonds is 9. The van der Waals surface area contributed by atoms with Crippen LogP contribution < -0.4 is 19.5 Å². The summed E-state index contributed by atoms with van der Waals surface area (Å²) in [4.78, 5) is 24.1. The van der Waals surface area contributed by atoms with E-state index in [1.54, 1.807) is 39.3 Å². The zero-order valence-electron chi connectivity index (χ0n) is 19.0. The van der Waals surface area contributed by atoms with Gasteiger partial charge in [0.2, 0.25) is 0 Å². The molecule has 0 spiro atoms. The monoisotopic (exact) mass is 429 g/mol. The molecule has 1 N–H and O–H groups in total. The van der Waals surface area contributed by atoms with Crippen LogP contribution in [0.3, 0.4) is 0 Å². The highest BCUT2D eigenvalue weighted by Crippen LogP contribution is 2.29. The average molecular weight is 430 g/mol. The summed E-state index contributed by atoms with van der Waals surface area (Å²) in [5.41, 5.74) is 1.96. The number of ether oxygens (including phenoxy) is 4. The van der Waals surface area contributed by atoms with Crippen LogP contribution in [0.4, 0.5) is 0 Å². The van der Waals surface area contributed by atoms with Crippen LogP contribution in [-0.2, 0) is 19.7 Å². The summed E-state index contributed by atoms with van der Waals surface area (Å²) >= 11 is 0. The van der Waals surface area contributed by atoms with Crippen molar-refractivity contribution in [2.45, 2.75) is 39.2 Å². The summed E-state index contributed by atoms with van der Waals surface area (Å²) in [5, 5.41) is 2.78. The zero-order chi connectivity index (χ0) is 23.0. The molecule has 0 saturated carbocycles. The van der Waals surface area contributed by atoms with Gasteiger partial charge in [0.1, 0.15) is 17.2 Å². The molecule has 0 saturated heterocycles. The maximum absolute atomic E-state index is 12.2. The minimum absolute atomic E-state index is 0.0385. The Bertz CT molecular complexity index is 886. The molecule has 2 rings (SSSR count). The van der Waals surface area contributed by atoms with Crippen molar-refractivity contribution in [3.63, 3.8) is 0 Å². The van der Waals surface area contributed by atoms with Crippen molar-refractivity contribution in [2.75, 3.05) is 27.4 Å². The Balaban J connectivity index is 1.81. The van der Waals surface area contributed by atoms with Gasteiger partial charge in [-0.3, -0.25) is 4.79 Å². The second kappa shape index (κ2) is 10.7. The van der Waals surface area contributed by atoms with Gasteiger partial charge in [-0.15, -0.1) is 0 Å². The molecule has 1 atom stereocenters. The predicted octanol–water partition coefficient (Wildman–Crippen LogP) is 3.80. The van der Waals surface area contributed by atoms with Gasteiger partial charge >= 0.3 is 5.97 Å². The molecule has 168 valence electrons. The molecule has 0 bridgehead atoms. The third-order valence-electron chi connectivity index (χ3n) is 4.72. The third-order valence-corrected chi connectivity index (χ3v) is 4.72. The van der Waals surface area contributed by atoms with Crippen molar-refractivity contribution < 1.29 is 28.5 Å². The highest BCUT2D eigenvalue weighted by molar-refractivity contribution is 5.81. The Morgan fingerprint density at radius 1 is 0.935 bits per heavy atom. The van der Waals surface area contributed by atoms with Crippen LogP contribution in [0, 0.1) is 0 Å². The number of hydrogen-bond acceptors (Lipinski definition) is 6. The highest BCUT2D eigenvalue weighted by atomic mass is 16.6. The van der Waals surface area contributed by atoms with Crippen molar-refractivity contribution in [1.29, 1.82) is 0 Å². The molecule has 1 amide bonds. The third kappa shape index (κ3) is 7.20. The predicted molar refractivity (Wildman–Crippen MR) is 118 cm³/mol. The molecule has 0 fully saturated rings. The van der Waals surface area contributed by atoms with Gasteiger partial charge < -0.3 is 24.3 Å². The number of benzene rings is 2. The number of nitrogens with one attached hydrogen (secondary N) is 1. The largest absolute Gasteiger partial charge is 0.497 e. The van der Waals surface area contributed by atoms with Crippen LogP contribution in [0.2, 0.25) is 0 Å². The van der Waals surface area contributed by atoms with Gasteiger partial charge in [-0.05, 0) is 48.2 Å². The molecule has 31 heavy (non-hydrogen) atoms. The molecule has 0 aliphatic heterocycles. The van der Waals surface area contributed by atoms with E-state index >= 15 is 0 Å². The van der Waals surface area contributed by atoms with E-state index in [0.717, 1.165) is 5.56 Å². The molecule has 0 heterocycles. The van der Waals surface area contributed by atoms with E-state index in [0.29, 0.717) is 17.2 Å². The topological polar surface area (TPSA) is 83.1 Å². The van der Waals surface area contributed by atoms with E-state index < -0.39 is 18.5 Å². The minimum Gasteiger partial charge on any atom is -0.497 e. The lowest BCUT2D eigenvalue weighted by Gasteiger charge is -2.19. The molecule has 2 aromatic rings. The first-order valence-electron chi connectivity index (χ1n) is 10.0. The molecule has 0 radical (unpaired) electrons. The summed E-state index contributed by atoms with van der Waals surface area (Å²) in [6, 6.07) is 12.5. The van der Waals surface area contributed by atoms with E-state index in [1.165, 1.54) is 5.56 Å². The van der Waals surface area contributed by atoms with Crippen molar-refractivity contribution in [3.8, 4) is 17.2 Å². The van der Waals surface area contributed by atoms with Crippen molar-refractivity contribution in [3.05, 3.63) is 53.6 Å². The Kier molecular flexibility index (Phi) is 8.30. The van der Waals surface area contributed by atoms with Gasteiger partial charge in [0.15, 0.2) is 13.2 Å². The van der Waals surface area contributed by atoms with Crippen molar-refractivity contribution >= 4 is 11.9 Å². The van der Waals surface area contributed by atoms with Crippen LogP contribution in [0.25, 0.3) is 0 Å². The highest BCUT2D eigenvalue weighted by Gasteiger charge is 2.17. The first-order chi connectivity index (χ1) is 14.6. The number of carbonyl (C=O) groups is 2. The standard InChI is InChI=1S/C24H31NO6/c1-16(20-13-19(28-5)11-12-21(20)29-6)25-22(26)14-31-23(27)15-30-18-9-7-17(8-10-18)24(2,3)4/h7-13,16H,14-15H2,1-6H3,(H,25,26). The van der Waals surface area contributed by atoms with Gasteiger partial charge in [0, 0.05) is 5.56 Å². The van der Waals surface area contributed by atoms with Gasteiger partial charge in [0.05, 0.1) is 20.3 Å². The summed E-state index contributed by atoms with van der Waals surface area (Å²) in [5.74, 6) is 0.780. The van der Waals surface area contributed by atoms with Crippen LogP contribution in [0.5, 0.6) is 17.2 Å². The molecule has 7 heteroatoms. The summed E-state index contributed by atoms with van der Waals surface area (Å²) in [6.07, 6.45) is 0. The van der Waals surface area contributed by atoms with Gasteiger partial charge in [0.25, 0.3) is 5.91 Å². The Labute approximate surface area is 183 Å². The fraction of sp³-hybridized carbons (Fsp3) is 0.417. The normalized spacial score (nSPS) is 11.9. The summed E-state index contributed by atoms with van der Waals surface area (Å²) < 4.78 is 21.0. The Morgan fingerprint density at radius 2 is 1.58 bits per heavy atom. The van der Waals surface area contributed by atoms with Gasteiger partial charge in [-0.2, -0.15) is 0 Å². The summed E-state index contributed by atoms with van der Waals surface area (Å²) in [6.45, 7) is 7.49. The van der Waals surface area contributed by atoms with E-state index in [1.807, 2.05) is 24.3 Å². The fourth-order valence-corrected chi connectivity index (χ4v) is 2.92. The number of carbonyl (C=O) groups excluding carboxylic acids is 2. The number of hydrogen-bond donors (Lipinski definition) is 1. The molecule has 0 aromatic heterocycles. The molecule has 2 aromatic carbocycles. The maximum Gasteiger partial charge on any atom is 0.344 e. The second-order valence-electron chi connectivity index (χ2n) is 8.12. The number of esters is 1. The first kappa shape index (κ1) is 24.1. The first-order valence-corrected chi connectivity index (χ1v) is 10.0. The van der Waals surface area contributed by atoms with E-state index in [4.69, 9.17) is 18.9 Å². The SMILES string of the molecule is COc1ccc(OC)c(C(C)NC(=O)COC(=O)COc2ccc(C(C)(C)C)cc2)c1. The molecule has 0 aliphatic carbocycles. The molecular weight excluding hydrogens is 398 g/mol. The number of methoxy groups -OCH3 is 2. The van der Waals surface area contributed by atoms with Crippen LogP contribution in [0.15, 0.2) is 42.5 Å². The lowest BCUT2D eigenvalue weighted by molar-refractivity contribution is -0.150. The quantitative estimate of drug-likeness (QED) is 0.611. The molecule has 1 unspecified atom stereocenters. The van der Waals surface area contributed by atoms with Crippen molar-refractivity contribution in [2.24, 2.45) is 0 Å². The Hall–Kier alpha value is -3.22. The Morgan fingerprint density at radius 3 is 2.16 bits per heavy atom. The van der Waals surface area contributed by atoms with E-state index in [2.05, 4.69) is 26.1 Å². The van der Waals surface area contributed by atoms with Gasteiger partial charge in [-0.1, -0.05) is 32.9 Å². The molecular formula is C24H31NO6. The maximum atomic E-state index is 12.2. The lowest BCUT2D eigenvalue weighted by Crippen LogP contribution is -2.32. The van der Waals surface area contributed by atoms with E-state index in [-0.39, 0.29) is 18.1 Å². The molecule has 7 nitrogen and oxygen atoms in total. The van der Waals surface area contributed by atoms with Gasteiger partial charge in [-0.25, -0.2) is 4.79 Å². The average Bonchev–Trinajstić information content (AvgIpc) is 2.75. The van der Waals surface area contributed by atoms with E-state index in [9.17, 15) is 9.59 Å². The van der Waals surface area contributed by atoms with Crippen molar-refractivity contribution in [1.82, 2.24) is 5.32 Å². The van der Waals surface area contributed by atoms with Crippen LogP contribution in [0.1, 0.15) is 44.9 Å². The number of amides is 1. The summed E-state index contributed by atoms with van der Waals surface area (Å²) in [7, 11) is 3.12. The molecule has 0 aliphatic rings. The fourth-order valence-electron chi connectivity index (χ4n) is 2.92. The van der Waals surface area contributed by atoms with Crippen LogP contribution in [-0.4, -0.2) is 39.3 Å². The smallest absolute Gasteiger partial charge is 0.344 e. The zero-order valence-corrected chi connectivity index (χ0v) is 19.0.